The van der Waals surface area contributed by atoms with Crippen molar-refractivity contribution in [3.63, 3.8) is 0 Å². The molecule has 1 aromatic heterocycles. The second-order valence-corrected chi connectivity index (χ2v) is 11.1. The van der Waals surface area contributed by atoms with Crippen LogP contribution in [-0.4, -0.2) is 43.9 Å². The highest BCUT2D eigenvalue weighted by Gasteiger charge is 2.35. The first kappa shape index (κ1) is 25.0. The monoisotopic (exact) mass is 529 g/mol. The van der Waals surface area contributed by atoms with E-state index in [4.69, 9.17) is 16.6 Å². The van der Waals surface area contributed by atoms with Crippen molar-refractivity contribution in [2.24, 2.45) is 0 Å². The average Bonchev–Trinajstić information content (AvgIpc) is 3.30. The van der Waals surface area contributed by atoms with Crippen molar-refractivity contribution in [3.05, 3.63) is 64.0 Å². The Balaban J connectivity index is 1.46. The van der Waals surface area contributed by atoms with Gasteiger partial charge in [-0.2, -0.15) is 17.5 Å². The van der Waals surface area contributed by atoms with Crippen molar-refractivity contribution < 1.29 is 21.6 Å². The molecule has 0 radical (unpaired) electrons. The number of hydrogen-bond acceptors (Lipinski definition) is 5. The SMILES string of the molecule is CCCc1ccc(-c2csc(N3CCN(S(=O)(=O)c4cc(C(F)(F)F)ccc4Cl)CC3)n2)cc1. The standard InChI is InChI=1S/C23H23ClF3N3O2S2/c1-2-3-16-4-6-17(7-5-16)20-15-33-22(28-20)29-10-12-30(13-11-29)34(31,32)21-14-18(23(25,26)27)8-9-19(21)24/h4-9,14-15H,2-3,10-13H2,1H3. The maximum absolute atomic E-state index is 13.1. The molecule has 0 atom stereocenters. The van der Waals surface area contributed by atoms with E-state index in [0.29, 0.717) is 19.2 Å². The Morgan fingerprint density at radius 3 is 2.35 bits per heavy atom. The van der Waals surface area contributed by atoms with E-state index in [1.165, 1.54) is 21.2 Å². The van der Waals surface area contributed by atoms with Crippen molar-refractivity contribution in [2.75, 3.05) is 31.1 Å². The molecule has 1 aliphatic rings. The van der Waals surface area contributed by atoms with Gasteiger partial charge in [-0.15, -0.1) is 11.3 Å². The Kier molecular flexibility index (Phi) is 7.23. The smallest absolute Gasteiger partial charge is 0.345 e. The number of hydrogen-bond donors (Lipinski definition) is 0. The van der Waals surface area contributed by atoms with Gasteiger partial charge in [0.25, 0.3) is 0 Å². The van der Waals surface area contributed by atoms with Gasteiger partial charge in [0.2, 0.25) is 10.0 Å². The maximum Gasteiger partial charge on any atom is 0.416 e. The first-order valence-corrected chi connectivity index (χ1v) is 13.5. The fraction of sp³-hybridized carbons (Fsp3) is 0.348. The molecule has 4 rings (SSSR count). The molecular formula is C23H23ClF3N3O2S2. The highest BCUT2D eigenvalue weighted by atomic mass is 35.5. The fourth-order valence-corrected chi connectivity index (χ4v) is 6.62. The molecule has 1 aliphatic heterocycles. The quantitative estimate of drug-likeness (QED) is 0.396. The van der Waals surface area contributed by atoms with Crippen LogP contribution in [0.25, 0.3) is 11.3 Å². The lowest BCUT2D eigenvalue weighted by atomic mass is 10.1. The van der Waals surface area contributed by atoms with Gasteiger partial charge in [0, 0.05) is 37.1 Å². The Morgan fingerprint density at radius 1 is 1.06 bits per heavy atom. The summed E-state index contributed by atoms with van der Waals surface area (Å²) in [5.41, 5.74) is 2.10. The predicted octanol–water partition coefficient (Wildman–Crippen LogP) is 5.95. The van der Waals surface area contributed by atoms with E-state index >= 15 is 0 Å². The second kappa shape index (κ2) is 9.85. The van der Waals surface area contributed by atoms with Gasteiger partial charge in [-0.1, -0.05) is 49.2 Å². The van der Waals surface area contributed by atoms with Crippen LogP contribution >= 0.6 is 22.9 Å². The molecule has 182 valence electrons. The zero-order valence-corrected chi connectivity index (χ0v) is 20.7. The highest BCUT2D eigenvalue weighted by Crippen LogP contribution is 2.35. The van der Waals surface area contributed by atoms with Gasteiger partial charge in [-0.05, 0) is 30.2 Å². The van der Waals surface area contributed by atoms with E-state index in [9.17, 15) is 21.6 Å². The predicted molar refractivity (Wildman–Crippen MR) is 129 cm³/mol. The van der Waals surface area contributed by atoms with E-state index < -0.39 is 26.7 Å². The summed E-state index contributed by atoms with van der Waals surface area (Å²) in [7, 11) is -4.17. The maximum atomic E-state index is 13.1. The number of piperazine rings is 1. The Morgan fingerprint density at radius 2 is 1.74 bits per heavy atom. The van der Waals surface area contributed by atoms with E-state index in [-0.39, 0.29) is 18.1 Å². The third-order valence-electron chi connectivity index (χ3n) is 5.67. The molecule has 0 N–H and O–H groups in total. The Labute approximate surface area is 205 Å². The Bertz CT molecular complexity index is 1250. The van der Waals surface area contributed by atoms with Gasteiger partial charge in [0.15, 0.2) is 5.13 Å². The second-order valence-electron chi connectivity index (χ2n) is 8.00. The number of rotatable bonds is 6. The van der Waals surface area contributed by atoms with Crippen LogP contribution in [0.3, 0.4) is 0 Å². The number of halogens is 4. The van der Waals surface area contributed by atoms with E-state index in [0.717, 1.165) is 41.4 Å². The summed E-state index contributed by atoms with van der Waals surface area (Å²) in [6, 6.07) is 10.6. The molecule has 34 heavy (non-hydrogen) atoms. The molecule has 0 amide bonds. The van der Waals surface area contributed by atoms with Crippen molar-refractivity contribution in [1.29, 1.82) is 0 Å². The number of thiazole rings is 1. The van der Waals surface area contributed by atoms with Crippen molar-refractivity contribution in [3.8, 4) is 11.3 Å². The Hall–Kier alpha value is -2.14. The van der Waals surface area contributed by atoms with Gasteiger partial charge in [-0.3, -0.25) is 0 Å². The number of aryl methyl sites for hydroxylation is 1. The minimum Gasteiger partial charge on any atom is -0.345 e. The summed E-state index contributed by atoms with van der Waals surface area (Å²) in [5.74, 6) is 0. The zero-order chi connectivity index (χ0) is 24.5. The van der Waals surface area contributed by atoms with Gasteiger partial charge in [0.05, 0.1) is 16.3 Å². The van der Waals surface area contributed by atoms with Crippen molar-refractivity contribution >= 4 is 38.1 Å². The third kappa shape index (κ3) is 5.25. The normalized spacial score (nSPS) is 15.6. The van der Waals surface area contributed by atoms with E-state index in [1.807, 2.05) is 22.4 Å². The molecule has 5 nitrogen and oxygen atoms in total. The van der Waals surface area contributed by atoms with Crippen LogP contribution in [0.1, 0.15) is 24.5 Å². The minimum atomic E-state index is -4.66. The molecule has 1 saturated heterocycles. The number of aromatic nitrogens is 1. The minimum absolute atomic E-state index is 0.121. The molecule has 0 aliphatic carbocycles. The first-order chi connectivity index (χ1) is 16.1. The van der Waals surface area contributed by atoms with Gasteiger partial charge >= 0.3 is 6.18 Å². The van der Waals surface area contributed by atoms with Crippen molar-refractivity contribution in [2.45, 2.75) is 30.8 Å². The molecule has 0 spiro atoms. The molecule has 0 unspecified atom stereocenters. The van der Waals surface area contributed by atoms with Crippen LogP contribution < -0.4 is 4.90 Å². The molecule has 2 heterocycles. The lowest BCUT2D eigenvalue weighted by molar-refractivity contribution is -0.137. The summed E-state index contributed by atoms with van der Waals surface area (Å²) >= 11 is 7.45. The molecule has 3 aromatic rings. The third-order valence-corrected chi connectivity index (χ3v) is 8.95. The van der Waals surface area contributed by atoms with Crippen LogP contribution in [0.4, 0.5) is 18.3 Å². The zero-order valence-electron chi connectivity index (χ0n) is 18.3. The van der Waals surface area contributed by atoms with Gasteiger partial charge in [0.1, 0.15) is 4.90 Å². The molecular weight excluding hydrogens is 507 g/mol. The molecule has 11 heteroatoms. The summed E-state index contributed by atoms with van der Waals surface area (Å²) < 4.78 is 66.5. The number of alkyl halides is 3. The summed E-state index contributed by atoms with van der Waals surface area (Å²) in [4.78, 5) is 6.17. The topological polar surface area (TPSA) is 53.5 Å². The summed E-state index contributed by atoms with van der Waals surface area (Å²) in [5, 5.41) is 2.52. The van der Waals surface area contributed by atoms with Gasteiger partial charge < -0.3 is 4.90 Å². The number of anilines is 1. The number of sulfonamides is 1. The van der Waals surface area contributed by atoms with E-state index in [1.54, 1.807) is 0 Å². The van der Waals surface area contributed by atoms with Crippen LogP contribution in [0, 0.1) is 0 Å². The summed E-state index contributed by atoms with van der Waals surface area (Å²) in [6.45, 7) is 3.13. The van der Waals surface area contributed by atoms with E-state index in [2.05, 4.69) is 19.1 Å². The van der Waals surface area contributed by atoms with Crippen molar-refractivity contribution in [1.82, 2.24) is 9.29 Å². The number of benzene rings is 2. The highest BCUT2D eigenvalue weighted by molar-refractivity contribution is 7.89. The first-order valence-electron chi connectivity index (χ1n) is 10.8. The molecule has 0 bridgehead atoms. The van der Waals surface area contributed by atoms with Crippen LogP contribution in [0.2, 0.25) is 5.02 Å². The molecule has 1 fully saturated rings. The largest absolute Gasteiger partial charge is 0.416 e. The lowest BCUT2D eigenvalue weighted by Crippen LogP contribution is -2.48. The fourth-order valence-electron chi connectivity index (χ4n) is 3.81. The summed E-state index contributed by atoms with van der Waals surface area (Å²) in [6.07, 6.45) is -2.55. The number of nitrogens with zero attached hydrogens (tertiary/aromatic N) is 3. The van der Waals surface area contributed by atoms with Gasteiger partial charge in [-0.25, -0.2) is 13.4 Å². The average molecular weight is 530 g/mol. The lowest BCUT2D eigenvalue weighted by Gasteiger charge is -2.34. The van der Waals surface area contributed by atoms with Crippen LogP contribution in [-0.2, 0) is 22.6 Å². The molecule has 2 aromatic carbocycles. The van der Waals surface area contributed by atoms with Crippen LogP contribution in [0.5, 0.6) is 0 Å². The molecule has 0 saturated carbocycles. The van der Waals surface area contributed by atoms with Crippen LogP contribution in [0.15, 0.2) is 52.7 Å².